The van der Waals surface area contributed by atoms with E-state index in [4.69, 9.17) is 0 Å². The van der Waals surface area contributed by atoms with Crippen LogP contribution in [0.25, 0.3) is 0 Å². The molecule has 0 aliphatic carbocycles. The molecule has 96 valence electrons. The van der Waals surface area contributed by atoms with Gasteiger partial charge in [0, 0.05) is 0 Å². The summed E-state index contributed by atoms with van der Waals surface area (Å²) < 4.78 is 0. The smallest absolute Gasteiger partial charge is 0.174 e. The maximum atomic E-state index is 11.9. The first-order chi connectivity index (χ1) is 9.09. The zero-order valence-corrected chi connectivity index (χ0v) is 10.0. The SMILES string of the molecule is O=C(CC(=O)c1ccccc1O)c1ccccc1O. The number of carbonyl (C=O) groups is 2. The Morgan fingerprint density at radius 1 is 0.737 bits per heavy atom. The van der Waals surface area contributed by atoms with Crippen LogP contribution in [0.4, 0.5) is 0 Å². The van der Waals surface area contributed by atoms with Gasteiger partial charge in [0.2, 0.25) is 0 Å². The fraction of sp³-hybridized carbons (Fsp3) is 0.0667. The zero-order chi connectivity index (χ0) is 13.8. The fourth-order valence-electron chi connectivity index (χ4n) is 1.76. The lowest BCUT2D eigenvalue weighted by Crippen LogP contribution is -2.09. The van der Waals surface area contributed by atoms with Gasteiger partial charge in [-0.05, 0) is 24.3 Å². The number of hydrogen-bond donors (Lipinski definition) is 2. The molecular weight excluding hydrogens is 244 g/mol. The molecule has 0 radical (unpaired) electrons. The third-order valence-corrected chi connectivity index (χ3v) is 2.73. The molecule has 0 heterocycles. The number of ketones is 2. The highest BCUT2D eigenvalue weighted by Crippen LogP contribution is 2.21. The van der Waals surface area contributed by atoms with Crippen molar-refractivity contribution in [3.05, 3.63) is 59.7 Å². The van der Waals surface area contributed by atoms with Gasteiger partial charge >= 0.3 is 0 Å². The molecule has 0 aromatic heterocycles. The van der Waals surface area contributed by atoms with Gasteiger partial charge in [-0.3, -0.25) is 9.59 Å². The van der Waals surface area contributed by atoms with Gasteiger partial charge in [-0.25, -0.2) is 0 Å². The molecule has 0 fully saturated rings. The maximum absolute atomic E-state index is 11.9. The van der Waals surface area contributed by atoms with Crippen LogP contribution in [-0.4, -0.2) is 21.8 Å². The van der Waals surface area contributed by atoms with Gasteiger partial charge in [-0.15, -0.1) is 0 Å². The Balaban J connectivity index is 2.19. The minimum absolute atomic E-state index is 0.103. The molecule has 19 heavy (non-hydrogen) atoms. The van der Waals surface area contributed by atoms with Crippen molar-refractivity contribution >= 4 is 11.6 Å². The van der Waals surface area contributed by atoms with Crippen molar-refractivity contribution in [2.45, 2.75) is 6.42 Å². The fourth-order valence-corrected chi connectivity index (χ4v) is 1.76. The summed E-state index contributed by atoms with van der Waals surface area (Å²) in [5, 5.41) is 19.1. The molecule has 0 saturated heterocycles. The number of para-hydroxylation sites is 2. The molecule has 4 heteroatoms. The van der Waals surface area contributed by atoms with E-state index in [1.807, 2.05) is 0 Å². The molecule has 4 nitrogen and oxygen atoms in total. The first kappa shape index (κ1) is 12.8. The Morgan fingerprint density at radius 2 is 1.11 bits per heavy atom. The van der Waals surface area contributed by atoms with Crippen LogP contribution in [0.1, 0.15) is 27.1 Å². The number of phenolic OH excluding ortho intramolecular Hbond substituents is 2. The first-order valence-corrected chi connectivity index (χ1v) is 5.72. The lowest BCUT2D eigenvalue weighted by atomic mass is 10.0. The number of rotatable bonds is 4. The summed E-state index contributed by atoms with van der Waals surface area (Å²) >= 11 is 0. The lowest BCUT2D eigenvalue weighted by Gasteiger charge is -2.04. The number of carbonyl (C=O) groups excluding carboxylic acids is 2. The van der Waals surface area contributed by atoms with Crippen LogP contribution < -0.4 is 0 Å². The van der Waals surface area contributed by atoms with Gasteiger partial charge in [-0.1, -0.05) is 24.3 Å². The van der Waals surface area contributed by atoms with E-state index >= 15 is 0 Å². The molecule has 0 bridgehead atoms. The number of benzene rings is 2. The first-order valence-electron chi connectivity index (χ1n) is 5.72. The topological polar surface area (TPSA) is 74.6 Å². The minimum Gasteiger partial charge on any atom is -0.507 e. The van der Waals surface area contributed by atoms with E-state index in [1.54, 1.807) is 24.3 Å². The van der Waals surface area contributed by atoms with Gasteiger partial charge in [-0.2, -0.15) is 0 Å². The highest BCUT2D eigenvalue weighted by atomic mass is 16.3. The zero-order valence-electron chi connectivity index (χ0n) is 10.0. The molecule has 0 atom stereocenters. The van der Waals surface area contributed by atoms with E-state index in [0.29, 0.717) is 0 Å². The molecular formula is C15H12O4. The van der Waals surface area contributed by atoms with Crippen LogP contribution in [0.2, 0.25) is 0 Å². The average molecular weight is 256 g/mol. The van der Waals surface area contributed by atoms with E-state index in [-0.39, 0.29) is 22.6 Å². The minimum atomic E-state index is -0.480. The predicted octanol–water partition coefficient (Wildman–Crippen LogP) is 2.55. The number of phenols is 2. The van der Waals surface area contributed by atoms with Crippen molar-refractivity contribution in [3.63, 3.8) is 0 Å². The third-order valence-electron chi connectivity index (χ3n) is 2.73. The number of Topliss-reactive ketones (excluding diaryl/α,β-unsaturated/α-hetero) is 2. The van der Waals surface area contributed by atoms with Gasteiger partial charge in [0.05, 0.1) is 17.5 Å². The van der Waals surface area contributed by atoms with Crippen LogP contribution in [0.15, 0.2) is 48.5 Å². The van der Waals surface area contributed by atoms with Crippen LogP contribution >= 0.6 is 0 Å². The second-order valence-electron chi connectivity index (χ2n) is 4.06. The second kappa shape index (κ2) is 5.35. The summed E-state index contributed by atoms with van der Waals surface area (Å²) in [5.74, 6) is -1.27. The summed E-state index contributed by atoms with van der Waals surface area (Å²) in [6.45, 7) is 0. The predicted molar refractivity (Wildman–Crippen MR) is 69.5 cm³/mol. The third kappa shape index (κ3) is 2.80. The molecule has 2 aromatic carbocycles. The largest absolute Gasteiger partial charge is 0.507 e. The van der Waals surface area contributed by atoms with Crippen molar-refractivity contribution in [2.75, 3.05) is 0 Å². The molecule has 0 amide bonds. The van der Waals surface area contributed by atoms with E-state index < -0.39 is 18.0 Å². The monoisotopic (exact) mass is 256 g/mol. The molecule has 0 saturated carbocycles. The quantitative estimate of drug-likeness (QED) is 0.651. The number of hydrogen-bond acceptors (Lipinski definition) is 4. The van der Waals surface area contributed by atoms with Gasteiger partial charge < -0.3 is 10.2 Å². The maximum Gasteiger partial charge on any atom is 0.174 e. The normalized spacial score (nSPS) is 10.1. The van der Waals surface area contributed by atoms with Crippen molar-refractivity contribution in [3.8, 4) is 11.5 Å². The molecule has 2 rings (SSSR count). The van der Waals surface area contributed by atoms with Crippen molar-refractivity contribution in [1.29, 1.82) is 0 Å². The van der Waals surface area contributed by atoms with Crippen LogP contribution in [0.5, 0.6) is 11.5 Å². The Bertz CT molecular complexity index is 576. The molecule has 0 unspecified atom stereocenters. The van der Waals surface area contributed by atoms with Crippen molar-refractivity contribution in [2.24, 2.45) is 0 Å². The van der Waals surface area contributed by atoms with Gasteiger partial charge in [0.15, 0.2) is 11.6 Å². The summed E-state index contributed by atoms with van der Waals surface area (Å²) in [7, 11) is 0. The molecule has 0 aliphatic rings. The van der Waals surface area contributed by atoms with Crippen LogP contribution in [0.3, 0.4) is 0 Å². The highest BCUT2D eigenvalue weighted by Gasteiger charge is 2.18. The summed E-state index contributed by atoms with van der Waals surface area (Å²) in [6, 6.07) is 12.1. The summed E-state index contributed by atoms with van der Waals surface area (Å²) in [5.41, 5.74) is 0.206. The van der Waals surface area contributed by atoms with Crippen molar-refractivity contribution < 1.29 is 19.8 Å². The standard InChI is InChI=1S/C15H12O4/c16-12-7-3-1-5-10(12)14(18)9-15(19)11-6-2-4-8-13(11)17/h1-8,16-17H,9H2. The average Bonchev–Trinajstić information content (AvgIpc) is 2.39. The van der Waals surface area contributed by atoms with Crippen LogP contribution in [0, 0.1) is 0 Å². The Morgan fingerprint density at radius 3 is 1.47 bits per heavy atom. The lowest BCUT2D eigenvalue weighted by molar-refractivity contribution is 0.0892. The number of aromatic hydroxyl groups is 2. The Hall–Kier alpha value is -2.62. The molecule has 2 aromatic rings. The highest BCUT2D eigenvalue weighted by molar-refractivity contribution is 6.15. The van der Waals surface area contributed by atoms with E-state index in [1.165, 1.54) is 24.3 Å². The second-order valence-corrected chi connectivity index (χ2v) is 4.06. The van der Waals surface area contributed by atoms with E-state index in [2.05, 4.69) is 0 Å². The van der Waals surface area contributed by atoms with Crippen LogP contribution in [-0.2, 0) is 0 Å². The van der Waals surface area contributed by atoms with Gasteiger partial charge in [0.1, 0.15) is 11.5 Å². The summed E-state index contributed by atoms with van der Waals surface area (Å²) in [6.07, 6.45) is -0.394. The molecule has 0 spiro atoms. The molecule has 2 N–H and O–H groups in total. The molecule has 0 aliphatic heterocycles. The van der Waals surface area contributed by atoms with Crippen molar-refractivity contribution in [1.82, 2.24) is 0 Å². The van der Waals surface area contributed by atoms with E-state index in [9.17, 15) is 19.8 Å². The van der Waals surface area contributed by atoms with E-state index in [0.717, 1.165) is 0 Å². The Labute approximate surface area is 109 Å². The summed E-state index contributed by atoms with van der Waals surface area (Å²) in [4.78, 5) is 23.8. The van der Waals surface area contributed by atoms with Gasteiger partial charge in [0.25, 0.3) is 0 Å². The Kier molecular flexibility index (Phi) is 3.61.